The number of hydrogen-bond acceptors (Lipinski definition) is 8. The van der Waals surface area contributed by atoms with Crippen LogP contribution >= 0.6 is 0 Å². The minimum Gasteiger partial charge on any atom is -0.378 e. The minimum atomic E-state index is 0.143. The van der Waals surface area contributed by atoms with Crippen LogP contribution in [0.5, 0.6) is 0 Å². The molecule has 0 unspecified atom stereocenters. The first-order valence-electron chi connectivity index (χ1n) is 9.83. The van der Waals surface area contributed by atoms with Crippen LogP contribution in [-0.4, -0.2) is 50.8 Å². The van der Waals surface area contributed by atoms with Gasteiger partial charge in [0.2, 0.25) is 17.8 Å². The Kier molecular flexibility index (Phi) is 4.64. The Bertz CT molecular complexity index is 1180. The second-order valence-corrected chi connectivity index (χ2v) is 7.07. The molecule has 1 aliphatic heterocycles. The van der Waals surface area contributed by atoms with E-state index < -0.39 is 0 Å². The van der Waals surface area contributed by atoms with Crippen LogP contribution in [0.1, 0.15) is 5.82 Å². The first-order valence-corrected chi connectivity index (χ1v) is 9.83. The second kappa shape index (κ2) is 7.60. The van der Waals surface area contributed by atoms with E-state index in [0.717, 1.165) is 48.8 Å². The van der Waals surface area contributed by atoms with Gasteiger partial charge in [-0.25, -0.2) is 4.98 Å². The number of nitrogens with one attached hydrogen (secondary N) is 1. The van der Waals surface area contributed by atoms with E-state index >= 15 is 0 Å². The monoisotopic (exact) mass is 402 g/mol. The van der Waals surface area contributed by atoms with Gasteiger partial charge in [-0.3, -0.25) is 4.57 Å². The van der Waals surface area contributed by atoms with Gasteiger partial charge < -0.3 is 20.7 Å². The summed E-state index contributed by atoms with van der Waals surface area (Å²) in [6, 6.07) is 16.0. The zero-order chi connectivity index (χ0) is 20.5. The molecule has 0 amide bonds. The third-order valence-electron chi connectivity index (χ3n) is 5.07. The number of rotatable bonds is 4. The second-order valence-electron chi connectivity index (χ2n) is 7.07. The van der Waals surface area contributed by atoms with Gasteiger partial charge in [0.15, 0.2) is 0 Å². The van der Waals surface area contributed by atoms with Gasteiger partial charge in [-0.1, -0.05) is 12.1 Å². The Morgan fingerprint density at radius 3 is 2.50 bits per heavy atom. The normalized spacial score (nSPS) is 14.2. The molecule has 0 bridgehead atoms. The molecule has 0 saturated carbocycles. The van der Waals surface area contributed by atoms with Gasteiger partial charge in [-0.05, 0) is 43.3 Å². The maximum Gasteiger partial charge on any atom is 0.242 e. The van der Waals surface area contributed by atoms with Crippen molar-refractivity contribution in [3.05, 3.63) is 54.4 Å². The molecule has 1 aliphatic rings. The quantitative estimate of drug-likeness (QED) is 0.537. The van der Waals surface area contributed by atoms with Crippen molar-refractivity contribution in [3.63, 3.8) is 0 Å². The lowest BCUT2D eigenvalue weighted by Gasteiger charge is -2.28. The number of aryl methyl sites for hydroxylation is 1. The number of aromatic nitrogens is 5. The summed E-state index contributed by atoms with van der Waals surface area (Å²) in [6.45, 7) is 5.23. The highest BCUT2D eigenvalue weighted by Gasteiger charge is 2.14. The van der Waals surface area contributed by atoms with E-state index in [1.165, 1.54) is 5.69 Å². The summed E-state index contributed by atoms with van der Waals surface area (Å²) in [7, 11) is 0. The summed E-state index contributed by atoms with van der Waals surface area (Å²) in [4.78, 5) is 20.0. The van der Waals surface area contributed by atoms with Crippen LogP contribution in [0.3, 0.4) is 0 Å². The maximum atomic E-state index is 5.98. The molecule has 3 heterocycles. The SMILES string of the molecule is Cc1nc2ccccc2n1-c1nc(N)nc(Nc2ccc(N3CCOCC3)cc2)n1. The van der Waals surface area contributed by atoms with Crippen molar-refractivity contribution in [2.24, 2.45) is 0 Å². The predicted molar refractivity (Wildman–Crippen MR) is 116 cm³/mol. The standard InChI is InChI=1S/C21H22N8O/c1-14-23-17-4-2-3-5-18(17)29(14)21-26-19(22)25-20(27-21)24-15-6-8-16(9-7-15)28-10-12-30-13-11-28/h2-9H,10-13H2,1H3,(H3,22,24,25,26,27). The van der Waals surface area contributed by atoms with Gasteiger partial charge in [-0.15, -0.1) is 0 Å². The number of para-hydroxylation sites is 2. The number of nitrogens with zero attached hydrogens (tertiary/aromatic N) is 6. The van der Waals surface area contributed by atoms with E-state index in [1.807, 2.05) is 47.9 Å². The molecule has 3 N–H and O–H groups in total. The number of anilines is 4. The van der Waals surface area contributed by atoms with Gasteiger partial charge in [0, 0.05) is 24.5 Å². The molecule has 2 aromatic heterocycles. The highest BCUT2D eigenvalue weighted by atomic mass is 16.5. The number of ether oxygens (including phenoxy) is 1. The molecule has 0 radical (unpaired) electrons. The highest BCUT2D eigenvalue weighted by molar-refractivity contribution is 5.77. The van der Waals surface area contributed by atoms with Crippen molar-refractivity contribution in [1.29, 1.82) is 0 Å². The molecule has 9 nitrogen and oxygen atoms in total. The van der Waals surface area contributed by atoms with Crippen LogP contribution in [0.2, 0.25) is 0 Å². The van der Waals surface area contributed by atoms with Crippen LogP contribution < -0.4 is 16.0 Å². The smallest absolute Gasteiger partial charge is 0.242 e. The number of nitrogen functional groups attached to an aromatic ring is 1. The van der Waals surface area contributed by atoms with E-state index in [0.29, 0.717) is 11.9 Å². The summed E-state index contributed by atoms with van der Waals surface area (Å²) < 4.78 is 7.29. The van der Waals surface area contributed by atoms with E-state index in [1.54, 1.807) is 0 Å². The van der Waals surface area contributed by atoms with Gasteiger partial charge in [-0.2, -0.15) is 15.0 Å². The Balaban J connectivity index is 1.43. The van der Waals surface area contributed by atoms with Crippen molar-refractivity contribution in [2.75, 3.05) is 42.3 Å². The fraction of sp³-hybridized carbons (Fsp3) is 0.238. The summed E-state index contributed by atoms with van der Waals surface area (Å²) >= 11 is 0. The van der Waals surface area contributed by atoms with Crippen molar-refractivity contribution < 1.29 is 4.74 Å². The highest BCUT2D eigenvalue weighted by Crippen LogP contribution is 2.23. The first-order chi connectivity index (χ1) is 14.7. The zero-order valence-electron chi connectivity index (χ0n) is 16.6. The molecule has 2 aromatic carbocycles. The first kappa shape index (κ1) is 18.3. The van der Waals surface area contributed by atoms with Crippen molar-refractivity contribution in [3.8, 4) is 5.95 Å². The third kappa shape index (κ3) is 3.50. The molecule has 30 heavy (non-hydrogen) atoms. The van der Waals surface area contributed by atoms with Crippen LogP contribution in [0.25, 0.3) is 17.0 Å². The van der Waals surface area contributed by atoms with E-state index in [2.05, 4.69) is 42.3 Å². The van der Waals surface area contributed by atoms with Crippen molar-refractivity contribution in [2.45, 2.75) is 6.92 Å². The van der Waals surface area contributed by atoms with Gasteiger partial charge in [0.25, 0.3) is 0 Å². The molecular formula is C21H22N8O. The molecule has 1 fully saturated rings. The van der Waals surface area contributed by atoms with Gasteiger partial charge >= 0.3 is 0 Å². The molecule has 152 valence electrons. The van der Waals surface area contributed by atoms with E-state index in [4.69, 9.17) is 10.5 Å². The van der Waals surface area contributed by atoms with Crippen LogP contribution in [0.4, 0.5) is 23.3 Å². The molecule has 1 saturated heterocycles. The lowest BCUT2D eigenvalue weighted by molar-refractivity contribution is 0.122. The van der Waals surface area contributed by atoms with Crippen LogP contribution in [-0.2, 0) is 4.74 Å². The summed E-state index contributed by atoms with van der Waals surface area (Å²) in [5.74, 6) is 1.74. The van der Waals surface area contributed by atoms with Gasteiger partial charge in [0.1, 0.15) is 5.82 Å². The summed E-state index contributed by atoms with van der Waals surface area (Å²) in [5.41, 5.74) is 9.81. The van der Waals surface area contributed by atoms with Gasteiger partial charge in [0.05, 0.1) is 24.2 Å². The largest absolute Gasteiger partial charge is 0.378 e. The average Bonchev–Trinajstić information content (AvgIpc) is 3.10. The van der Waals surface area contributed by atoms with Crippen molar-refractivity contribution >= 4 is 34.3 Å². The number of morpholine rings is 1. The summed E-state index contributed by atoms with van der Waals surface area (Å²) in [6.07, 6.45) is 0. The van der Waals surface area contributed by atoms with Crippen LogP contribution in [0.15, 0.2) is 48.5 Å². The number of nitrogens with two attached hydrogens (primary N) is 1. The Morgan fingerprint density at radius 2 is 1.70 bits per heavy atom. The summed E-state index contributed by atoms with van der Waals surface area (Å²) in [5, 5.41) is 3.23. The topological polar surface area (TPSA) is 107 Å². The number of imidazole rings is 1. The molecule has 0 spiro atoms. The molecule has 9 heteroatoms. The molecule has 4 aromatic rings. The van der Waals surface area contributed by atoms with Crippen molar-refractivity contribution in [1.82, 2.24) is 24.5 Å². The number of benzene rings is 2. The average molecular weight is 402 g/mol. The Morgan fingerprint density at radius 1 is 0.933 bits per heavy atom. The molecule has 0 atom stereocenters. The third-order valence-corrected chi connectivity index (χ3v) is 5.07. The Hall–Kier alpha value is -3.72. The predicted octanol–water partition coefficient (Wildman–Crippen LogP) is 2.68. The van der Waals surface area contributed by atoms with Crippen LogP contribution in [0, 0.1) is 6.92 Å². The fourth-order valence-corrected chi connectivity index (χ4v) is 3.64. The van der Waals surface area contributed by atoms with E-state index in [9.17, 15) is 0 Å². The minimum absolute atomic E-state index is 0.143. The number of fused-ring (bicyclic) bond motifs is 1. The molecular weight excluding hydrogens is 380 g/mol. The fourth-order valence-electron chi connectivity index (χ4n) is 3.64. The van der Waals surface area contributed by atoms with E-state index in [-0.39, 0.29) is 5.95 Å². The lowest BCUT2D eigenvalue weighted by atomic mass is 10.2. The zero-order valence-corrected chi connectivity index (χ0v) is 16.6. The molecule has 5 rings (SSSR count). The molecule has 0 aliphatic carbocycles. The maximum absolute atomic E-state index is 5.98. The lowest BCUT2D eigenvalue weighted by Crippen LogP contribution is -2.36. The Labute approximate surface area is 173 Å². The number of hydrogen-bond donors (Lipinski definition) is 2.